The number of imide groups is 1. The molecule has 0 aromatic rings. The zero-order valence-corrected chi connectivity index (χ0v) is 17.0. The van der Waals surface area contributed by atoms with Crippen molar-refractivity contribution in [2.45, 2.75) is 64.5 Å². The van der Waals surface area contributed by atoms with Crippen molar-refractivity contribution in [2.75, 3.05) is 11.5 Å². The third-order valence-corrected chi connectivity index (χ3v) is 5.81. The largest absolute Gasteiger partial charge is 0.368 e. The number of primary amides is 1. The average molecular weight is 407 g/mol. The minimum absolute atomic E-state index is 0.229. The highest BCUT2D eigenvalue weighted by atomic mass is 33.1. The fourth-order valence-corrected chi connectivity index (χ4v) is 4.03. The van der Waals surface area contributed by atoms with Crippen molar-refractivity contribution in [3.8, 4) is 0 Å². The molecule has 0 aromatic heterocycles. The summed E-state index contributed by atoms with van der Waals surface area (Å²) in [6, 6.07) is -1.60. The summed E-state index contributed by atoms with van der Waals surface area (Å²) in [5.74, 6) is -1.15. The molecule has 0 heterocycles. The Morgan fingerprint density at radius 1 is 0.923 bits per heavy atom. The fourth-order valence-electron chi connectivity index (χ4n) is 1.73. The minimum atomic E-state index is -0.827. The number of nitrogens with two attached hydrogens (primary N) is 2. The van der Waals surface area contributed by atoms with Crippen LogP contribution in [0.15, 0.2) is 0 Å². The lowest BCUT2D eigenvalue weighted by Gasteiger charge is -2.18. The number of unbranched alkanes of at least 4 members (excludes halogenated alkanes) is 2. The van der Waals surface area contributed by atoms with Crippen LogP contribution in [0.4, 0.5) is 0 Å². The van der Waals surface area contributed by atoms with Gasteiger partial charge in [-0.3, -0.25) is 24.5 Å². The lowest BCUT2D eigenvalue weighted by molar-refractivity contribution is -0.133. The van der Waals surface area contributed by atoms with Gasteiger partial charge in [0.2, 0.25) is 23.6 Å². The van der Waals surface area contributed by atoms with Gasteiger partial charge < -0.3 is 16.8 Å². The first-order chi connectivity index (χ1) is 12.3. The zero-order chi connectivity index (χ0) is 19.9. The Kier molecular flexibility index (Phi) is 14.1. The van der Waals surface area contributed by atoms with Crippen molar-refractivity contribution >= 4 is 45.2 Å². The van der Waals surface area contributed by atoms with Gasteiger partial charge in [-0.2, -0.15) is 0 Å². The van der Waals surface area contributed by atoms with Gasteiger partial charge in [-0.25, -0.2) is 0 Å². The molecule has 150 valence electrons. The topological polar surface area (TPSA) is 144 Å². The molecule has 0 unspecified atom stereocenters. The Morgan fingerprint density at radius 3 is 2.00 bits per heavy atom. The molecule has 4 amide bonds. The summed E-state index contributed by atoms with van der Waals surface area (Å²) in [7, 11) is 2.58. The van der Waals surface area contributed by atoms with Crippen molar-refractivity contribution in [1.82, 2.24) is 10.6 Å². The van der Waals surface area contributed by atoms with Crippen LogP contribution in [0.5, 0.6) is 0 Å². The van der Waals surface area contributed by atoms with Gasteiger partial charge in [-0.05, 0) is 12.8 Å². The van der Waals surface area contributed by atoms with E-state index >= 15 is 0 Å². The zero-order valence-electron chi connectivity index (χ0n) is 15.4. The van der Waals surface area contributed by atoms with Gasteiger partial charge >= 0.3 is 0 Å². The Balaban J connectivity index is 4.57. The van der Waals surface area contributed by atoms with E-state index in [-0.39, 0.29) is 24.0 Å². The lowest BCUT2D eigenvalue weighted by atomic mass is 10.2. The Labute approximate surface area is 162 Å². The summed E-state index contributed by atoms with van der Waals surface area (Å²) >= 11 is 0. The monoisotopic (exact) mass is 406 g/mol. The summed E-state index contributed by atoms with van der Waals surface area (Å²) in [4.78, 5) is 46.9. The molecule has 26 heavy (non-hydrogen) atoms. The number of hydrogen-bond donors (Lipinski definition) is 4. The second-order valence-electron chi connectivity index (χ2n) is 5.82. The summed E-state index contributed by atoms with van der Waals surface area (Å²) < 4.78 is 0. The number of carbonyl (C=O) groups is 4. The van der Waals surface area contributed by atoms with Crippen molar-refractivity contribution in [3.63, 3.8) is 0 Å². The van der Waals surface area contributed by atoms with Crippen molar-refractivity contribution in [3.05, 3.63) is 0 Å². The predicted molar refractivity (Wildman–Crippen MR) is 106 cm³/mol. The molecule has 0 aliphatic rings. The first-order valence-electron chi connectivity index (χ1n) is 8.74. The van der Waals surface area contributed by atoms with Crippen molar-refractivity contribution in [2.24, 2.45) is 11.5 Å². The number of nitrogens with one attached hydrogen (secondary N) is 2. The predicted octanol–water partition coefficient (Wildman–Crippen LogP) is 0.688. The molecule has 6 N–H and O–H groups in total. The summed E-state index contributed by atoms with van der Waals surface area (Å²) in [5, 5.41) is 4.99. The van der Waals surface area contributed by atoms with Crippen LogP contribution in [0, 0.1) is 0 Å². The van der Waals surface area contributed by atoms with Gasteiger partial charge in [-0.15, -0.1) is 0 Å². The minimum Gasteiger partial charge on any atom is -0.368 e. The van der Waals surface area contributed by atoms with Crippen molar-refractivity contribution < 1.29 is 19.2 Å². The van der Waals surface area contributed by atoms with E-state index in [1.165, 1.54) is 21.6 Å². The highest BCUT2D eigenvalue weighted by Gasteiger charge is 2.23. The Morgan fingerprint density at radius 2 is 1.46 bits per heavy atom. The van der Waals surface area contributed by atoms with Crippen LogP contribution in [-0.2, 0) is 19.2 Å². The van der Waals surface area contributed by atoms with Gasteiger partial charge in [-0.1, -0.05) is 48.3 Å². The summed E-state index contributed by atoms with van der Waals surface area (Å²) in [5.41, 5.74) is 10.6. The molecule has 0 spiro atoms. The molecule has 2 atom stereocenters. The second kappa shape index (κ2) is 14.9. The highest BCUT2D eigenvalue weighted by Crippen LogP contribution is 2.22. The number of rotatable bonds is 14. The smallest absolute Gasteiger partial charge is 0.250 e. The molecule has 0 aromatic carbocycles. The van der Waals surface area contributed by atoms with Crippen LogP contribution >= 0.6 is 21.6 Å². The first-order valence-corrected chi connectivity index (χ1v) is 11.2. The molecular weight excluding hydrogens is 376 g/mol. The normalized spacial score (nSPS) is 12.9. The molecule has 0 rings (SSSR count). The van der Waals surface area contributed by atoms with Crippen LogP contribution in [-0.4, -0.2) is 47.2 Å². The van der Waals surface area contributed by atoms with Crippen LogP contribution in [0.1, 0.15) is 52.4 Å². The van der Waals surface area contributed by atoms with E-state index in [0.717, 1.165) is 19.3 Å². The molecule has 8 nitrogen and oxygen atoms in total. The Hall–Kier alpha value is -1.26. The van der Waals surface area contributed by atoms with Gasteiger partial charge in [0.05, 0.1) is 6.04 Å². The fraction of sp³-hybridized carbons (Fsp3) is 0.750. The molecular formula is C16H30N4O4S2. The maximum Gasteiger partial charge on any atom is 0.250 e. The van der Waals surface area contributed by atoms with Gasteiger partial charge in [0.15, 0.2) is 0 Å². The third-order valence-electron chi connectivity index (χ3n) is 3.36. The van der Waals surface area contributed by atoms with Crippen LogP contribution in [0.3, 0.4) is 0 Å². The lowest BCUT2D eigenvalue weighted by Crippen LogP contribution is -2.49. The highest BCUT2D eigenvalue weighted by molar-refractivity contribution is 8.76. The number of hydrogen-bond acceptors (Lipinski definition) is 7. The molecule has 0 aliphatic carbocycles. The van der Waals surface area contributed by atoms with E-state index in [1.807, 2.05) is 13.8 Å². The number of carbonyl (C=O) groups excluding carboxylic acids is 4. The average Bonchev–Trinajstić information content (AvgIpc) is 2.60. The van der Waals surface area contributed by atoms with Crippen LogP contribution in [0.2, 0.25) is 0 Å². The summed E-state index contributed by atoms with van der Waals surface area (Å²) in [6.45, 7) is 3.93. The molecule has 0 aliphatic heterocycles. The standard InChI is InChI=1S/C16H30N4O4S2/c1-3-5-7-13(21)19-12(10-26-25-9-11(17)15(18)23)16(24)20-14(22)8-6-4-2/h11-12H,3-10,17H2,1-2H3,(H2,18,23)(H,19,21)(H,20,22,24)/t11-,12-/m0/s1. The first kappa shape index (κ1) is 24.7. The van der Waals surface area contributed by atoms with Crippen LogP contribution in [0.25, 0.3) is 0 Å². The molecule has 0 fully saturated rings. The van der Waals surface area contributed by atoms with Crippen LogP contribution < -0.4 is 22.1 Å². The van der Waals surface area contributed by atoms with Gasteiger partial charge in [0.1, 0.15) is 6.04 Å². The molecule has 0 radical (unpaired) electrons. The van der Waals surface area contributed by atoms with E-state index in [9.17, 15) is 19.2 Å². The summed E-state index contributed by atoms with van der Waals surface area (Å²) in [6.07, 6.45) is 3.75. The SMILES string of the molecule is CCCCC(=O)NC(=O)[C@H](CSSC[C@H](N)C(N)=O)NC(=O)CCCC. The Bertz CT molecular complexity index is 477. The van der Waals surface area contributed by atoms with Gasteiger partial charge in [0.25, 0.3) is 0 Å². The second-order valence-corrected chi connectivity index (χ2v) is 8.37. The molecule has 0 saturated carbocycles. The molecule has 0 saturated heterocycles. The van der Waals surface area contributed by atoms with Crippen molar-refractivity contribution in [1.29, 1.82) is 0 Å². The number of amides is 4. The maximum atomic E-state index is 12.3. The quantitative estimate of drug-likeness (QED) is 0.245. The van der Waals surface area contributed by atoms with E-state index in [0.29, 0.717) is 18.6 Å². The third kappa shape index (κ3) is 12.2. The van der Waals surface area contributed by atoms with E-state index in [2.05, 4.69) is 10.6 Å². The van der Waals surface area contributed by atoms with Gasteiger partial charge in [0, 0.05) is 24.3 Å². The molecule has 0 bridgehead atoms. The van der Waals surface area contributed by atoms with E-state index in [1.54, 1.807) is 0 Å². The van der Waals surface area contributed by atoms with E-state index < -0.39 is 23.9 Å². The van der Waals surface area contributed by atoms with E-state index in [4.69, 9.17) is 11.5 Å². The maximum absolute atomic E-state index is 12.3. The molecule has 10 heteroatoms.